The summed E-state index contributed by atoms with van der Waals surface area (Å²) >= 11 is 0. The number of H-pyrrole nitrogens is 2. The van der Waals surface area contributed by atoms with Gasteiger partial charge in [0.2, 0.25) is 0 Å². The average Bonchev–Trinajstić information content (AvgIpc) is 2.36. The Balaban J connectivity index is 1.94. The van der Waals surface area contributed by atoms with E-state index in [1.54, 1.807) is 0 Å². The average molecular weight is 254 g/mol. The number of hydrogen-bond acceptors (Lipinski definition) is 5. The van der Waals surface area contributed by atoms with Crippen molar-refractivity contribution < 1.29 is 9.53 Å². The highest BCUT2D eigenvalue weighted by Gasteiger charge is 2.15. The number of carbonyl (C=O) groups excluding carboxylic acids is 1. The van der Waals surface area contributed by atoms with Crippen molar-refractivity contribution in [2.75, 3.05) is 26.2 Å². The second kappa shape index (κ2) is 5.61. The van der Waals surface area contributed by atoms with Gasteiger partial charge < -0.3 is 20.4 Å². The van der Waals surface area contributed by atoms with Crippen molar-refractivity contribution in [1.29, 1.82) is 0 Å². The van der Waals surface area contributed by atoms with Gasteiger partial charge in [0.25, 0.3) is 11.5 Å². The van der Waals surface area contributed by atoms with Gasteiger partial charge in [0.15, 0.2) is 0 Å². The van der Waals surface area contributed by atoms with Crippen LogP contribution in [-0.4, -0.2) is 48.2 Å². The molecule has 0 aliphatic carbocycles. The Morgan fingerprint density at radius 3 is 2.94 bits per heavy atom. The molecule has 1 amide bonds. The van der Waals surface area contributed by atoms with Crippen molar-refractivity contribution in [3.63, 3.8) is 0 Å². The Morgan fingerprint density at radius 1 is 1.44 bits per heavy atom. The zero-order valence-corrected chi connectivity index (χ0v) is 9.62. The lowest BCUT2D eigenvalue weighted by Gasteiger charge is -2.23. The quantitative estimate of drug-likeness (QED) is 0.487. The minimum atomic E-state index is -0.705. The van der Waals surface area contributed by atoms with Gasteiger partial charge in [-0.2, -0.15) is 0 Å². The van der Waals surface area contributed by atoms with E-state index < -0.39 is 17.2 Å². The lowest BCUT2D eigenvalue weighted by atomic mass is 10.3. The number of rotatable bonds is 3. The van der Waals surface area contributed by atoms with E-state index in [1.807, 2.05) is 4.98 Å². The fourth-order valence-electron chi connectivity index (χ4n) is 1.64. The highest BCUT2D eigenvalue weighted by molar-refractivity contribution is 5.92. The van der Waals surface area contributed by atoms with Crippen molar-refractivity contribution in [2.24, 2.45) is 0 Å². The van der Waals surface area contributed by atoms with Gasteiger partial charge in [0.05, 0.1) is 12.7 Å². The molecule has 0 saturated carbocycles. The van der Waals surface area contributed by atoms with Crippen LogP contribution in [0.3, 0.4) is 0 Å². The Labute approximate surface area is 102 Å². The molecule has 1 fully saturated rings. The van der Waals surface area contributed by atoms with E-state index in [9.17, 15) is 14.4 Å². The zero-order chi connectivity index (χ0) is 13.0. The molecule has 1 aromatic heterocycles. The van der Waals surface area contributed by atoms with E-state index in [-0.39, 0.29) is 11.8 Å². The number of hydrogen-bond donors (Lipinski definition) is 4. The standard InChI is InChI=1S/C10H14N4O4/c15-8-3-7(13-10(17)14-8)9(16)12-5-6-4-11-1-2-18-6/h3,6,11H,1-2,4-5H2,(H,12,16)(H2,13,14,15,17). The maximum Gasteiger partial charge on any atom is 0.326 e. The summed E-state index contributed by atoms with van der Waals surface area (Å²) in [7, 11) is 0. The van der Waals surface area contributed by atoms with Crippen LogP contribution < -0.4 is 21.9 Å². The van der Waals surface area contributed by atoms with E-state index in [4.69, 9.17) is 4.74 Å². The van der Waals surface area contributed by atoms with E-state index in [1.165, 1.54) is 0 Å². The molecule has 1 unspecified atom stereocenters. The number of ether oxygens (including phenoxy) is 1. The first kappa shape index (κ1) is 12.5. The van der Waals surface area contributed by atoms with Crippen LogP contribution in [0.2, 0.25) is 0 Å². The lowest BCUT2D eigenvalue weighted by molar-refractivity contribution is 0.0286. The summed E-state index contributed by atoms with van der Waals surface area (Å²) in [6.07, 6.45) is -0.101. The van der Waals surface area contributed by atoms with Crippen molar-refractivity contribution >= 4 is 5.91 Å². The Bertz CT molecular complexity index is 501. The molecule has 0 spiro atoms. The van der Waals surface area contributed by atoms with Crippen LogP contribution in [0.1, 0.15) is 10.5 Å². The zero-order valence-electron chi connectivity index (χ0n) is 9.62. The molecule has 2 rings (SSSR count). The molecule has 0 aromatic carbocycles. The molecular weight excluding hydrogens is 240 g/mol. The summed E-state index contributed by atoms with van der Waals surface area (Å²) in [4.78, 5) is 38.0. The molecule has 1 aliphatic heterocycles. The molecule has 1 aliphatic rings. The van der Waals surface area contributed by atoms with Crippen molar-refractivity contribution in [3.05, 3.63) is 32.6 Å². The predicted octanol–water partition coefficient (Wildman–Crippen LogP) is -2.22. The fourth-order valence-corrected chi connectivity index (χ4v) is 1.64. The van der Waals surface area contributed by atoms with Crippen LogP contribution in [0.15, 0.2) is 15.7 Å². The summed E-state index contributed by atoms with van der Waals surface area (Å²) in [5.41, 5.74) is -1.38. The van der Waals surface area contributed by atoms with Gasteiger partial charge in [-0.3, -0.25) is 14.6 Å². The number of carbonyl (C=O) groups is 1. The SMILES string of the molecule is O=C(NCC1CNCCO1)c1cc(=O)[nH]c(=O)[nH]1. The van der Waals surface area contributed by atoms with Gasteiger partial charge in [-0.1, -0.05) is 0 Å². The normalized spacial score (nSPS) is 19.4. The molecule has 1 atom stereocenters. The molecular formula is C10H14N4O4. The van der Waals surface area contributed by atoms with Crippen LogP contribution in [0.25, 0.3) is 0 Å². The van der Waals surface area contributed by atoms with Crippen LogP contribution in [0.5, 0.6) is 0 Å². The van der Waals surface area contributed by atoms with Crippen molar-refractivity contribution in [2.45, 2.75) is 6.10 Å². The van der Waals surface area contributed by atoms with Crippen LogP contribution in [0.4, 0.5) is 0 Å². The third-order valence-corrected chi connectivity index (χ3v) is 2.50. The molecule has 0 bridgehead atoms. The predicted molar refractivity (Wildman–Crippen MR) is 62.6 cm³/mol. The maximum atomic E-state index is 11.7. The smallest absolute Gasteiger partial charge is 0.326 e. The molecule has 0 radical (unpaired) electrons. The number of morpholine rings is 1. The second-order valence-corrected chi connectivity index (χ2v) is 3.91. The third kappa shape index (κ3) is 3.28. The molecule has 2 heterocycles. The molecule has 8 nitrogen and oxygen atoms in total. The van der Waals surface area contributed by atoms with Gasteiger partial charge in [-0.25, -0.2) is 4.79 Å². The van der Waals surface area contributed by atoms with E-state index >= 15 is 0 Å². The van der Waals surface area contributed by atoms with Crippen LogP contribution >= 0.6 is 0 Å². The second-order valence-electron chi connectivity index (χ2n) is 3.91. The molecule has 1 aromatic rings. The number of aromatic amines is 2. The summed E-state index contributed by atoms with van der Waals surface area (Å²) in [5, 5.41) is 5.72. The van der Waals surface area contributed by atoms with Gasteiger partial charge in [0, 0.05) is 25.7 Å². The third-order valence-electron chi connectivity index (χ3n) is 2.50. The van der Waals surface area contributed by atoms with Crippen LogP contribution in [0, 0.1) is 0 Å². The number of nitrogens with one attached hydrogen (secondary N) is 4. The molecule has 8 heteroatoms. The largest absolute Gasteiger partial charge is 0.374 e. The number of amides is 1. The topological polar surface area (TPSA) is 116 Å². The van der Waals surface area contributed by atoms with Gasteiger partial charge in [-0.15, -0.1) is 0 Å². The summed E-state index contributed by atoms with van der Waals surface area (Å²) < 4.78 is 5.39. The molecule has 1 saturated heterocycles. The number of aromatic nitrogens is 2. The molecule has 18 heavy (non-hydrogen) atoms. The van der Waals surface area contributed by atoms with Gasteiger partial charge in [-0.05, 0) is 0 Å². The first-order chi connectivity index (χ1) is 8.65. The summed E-state index contributed by atoms with van der Waals surface area (Å²) in [6.45, 7) is 2.38. The van der Waals surface area contributed by atoms with Crippen LogP contribution in [-0.2, 0) is 4.74 Å². The van der Waals surface area contributed by atoms with Gasteiger partial charge in [0.1, 0.15) is 5.69 Å². The Kier molecular flexibility index (Phi) is 3.90. The summed E-state index contributed by atoms with van der Waals surface area (Å²) in [5.74, 6) is -0.507. The Morgan fingerprint density at radius 2 is 2.28 bits per heavy atom. The summed E-state index contributed by atoms with van der Waals surface area (Å²) in [6, 6.07) is 1.04. The van der Waals surface area contributed by atoms with Crippen molar-refractivity contribution in [1.82, 2.24) is 20.6 Å². The lowest BCUT2D eigenvalue weighted by Crippen LogP contribution is -2.45. The molecule has 4 N–H and O–H groups in total. The monoisotopic (exact) mass is 254 g/mol. The van der Waals surface area contributed by atoms with E-state index in [2.05, 4.69) is 15.6 Å². The molecule has 98 valence electrons. The minimum absolute atomic E-state index is 0.0625. The van der Waals surface area contributed by atoms with E-state index in [0.717, 1.165) is 12.6 Å². The minimum Gasteiger partial charge on any atom is -0.374 e. The highest BCUT2D eigenvalue weighted by Crippen LogP contribution is 1.94. The first-order valence-electron chi connectivity index (χ1n) is 5.59. The fraction of sp³-hybridized carbons (Fsp3) is 0.500. The van der Waals surface area contributed by atoms with Gasteiger partial charge >= 0.3 is 5.69 Å². The maximum absolute atomic E-state index is 11.7. The van der Waals surface area contributed by atoms with Crippen molar-refractivity contribution in [3.8, 4) is 0 Å². The van der Waals surface area contributed by atoms with E-state index in [0.29, 0.717) is 19.7 Å². The first-order valence-corrected chi connectivity index (χ1v) is 5.59. The Hall–Kier alpha value is -1.93. The highest BCUT2D eigenvalue weighted by atomic mass is 16.5.